The molecule has 2 aromatic rings. The zero-order valence-corrected chi connectivity index (χ0v) is 13.9. The monoisotopic (exact) mass is 344 g/mol. The second kappa shape index (κ2) is 7.63. The summed E-state index contributed by atoms with van der Waals surface area (Å²) in [6.07, 6.45) is -0.116. The highest BCUT2D eigenvalue weighted by Gasteiger charge is 2.28. The first-order valence-electron chi connectivity index (χ1n) is 8.27. The van der Waals surface area contributed by atoms with Crippen LogP contribution in [0.15, 0.2) is 48.5 Å². The lowest BCUT2D eigenvalue weighted by Crippen LogP contribution is -2.41. The summed E-state index contributed by atoms with van der Waals surface area (Å²) in [6, 6.07) is 12.9. The van der Waals surface area contributed by atoms with Gasteiger partial charge in [-0.2, -0.15) is 0 Å². The Balaban J connectivity index is 1.64. The number of carbonyl (C=O) groups excluding carboxylic acids is 1. The molecule has 0 aliphatic carbocycles. The van der Waals surface area contributed by atoms with E-state index in [1.165, 1.54) is 6.07 Å². The number of aliphatic hydroxyl groups excluding tert-OH is 1. The highest BCUT2D eigenvalue weighted by Crippen LogP contribution is 2.27. The third-order valence-electron chi connectivity index (χ3n) is 4.21. The zero-order valence-electron chi connectivity index (χ0n) is 13.9. The average molecular weight is 344 g/mol. The van der Waals surface area contributed by atoms with Crippen LogP contribution in [0.25, 0.3) is 0 Å². The van der Waals surface area contributed by atoms with Crippen LogP contribution < -0.4 is 15.4 Å². The fourth-order valence-corrected chi connectivity index (χ4v) is 2.80. The standard InChI is InChI=1S/C19H21FN2O3/c1-12(22-19(24)17-10-14(23)11-21-17)13-7-8-18(16(20)9-13)25-15-5-3-2-4-6-15/h2-9,12,14,17,21,23H,10-11H2,1H3,(H,22,24)/t12-,14+,17+/m0/s1. The highest BCUT2D eigenvalue weighted by atomic mass is 19.1. The summed E-state index contributed by atoms with van der Waals surface area (Å²) in [5, 5.41) is 15.3. The Morgan fingerprint density at radius 2 is 2.08 bits per heavy atom. The summed E-state index contributed by atoms with van der Waals surface area (Å²) < 4.78 is 19.8. The summed E-state index contributed by atoms with van der Waals surface area (Å²) in [7, 11) is 0. The Hall–Kier alpha value is -2.44. The quantitative estimate of drug-likeness (QED) is 0.779. The molecule has 0 bridgehead atoms. The van der Waals surface area contributed by atoms with Gasteiger partial charge in [-0.05, 0) is 43.2 Å². The van der Waals surface area contributed by atoms with E-state index in [0.29, 0.717) is 24.3 Å². The third-order valence-corrected chi connectivity index (χ3v) is 4.21. The lowest BCUT2D eigenvalue weighted by atomic mass is 10.1. The van der Waals surface area contributed by atoms with Gasteiger partial charge in [0, 0.05) is 6.54 Å². The molecule has 25 heavy (non-hydrogen) atoms. The van der Waals surface area contributed by atoms with Gasteiger partial charge in [0.1, 0.15) is 5.75 Å². The second-order valence-electron chi connectivity index (χ2n) is 6.19. The molecule has 3 N–H and O–H groups in total. The van der Waals surface area contributed by atoms with Gasteiger partial charge >= 0.3 is 0 Å². The summed E-state index contributed by atoms with van der Waals surface area (Å²) in [4.78, 5) is 12.2. The van der Waals surface area contributed by atoms with Crippen molar-refractivity contribution >= 4 is 5.91 Å². The van der Waals surface area contributed by atoms with E-state index in [9.17, 15) is 14.3 Å². The molecule has 5 nitrogen and oxygen atoms in total. The lowest BCUT2D eigenvalue weighted by Gasteiger charge is -2.18. The molecule has 1 amide bonds. The van der Waals surface area contributed by atoms with E-state index in [-0.39, 0.29) is 17.7 Å². The van der Waals surface area contributed by atoms with Crippen LogP contribution in [0.3, 0.4) is 0 Å². The van der Waals surface area contributed by atoms with Gasteiger partial charge in [-0.1, -0.05) is 24.3 Å². The number of β-amino-alcohol motifs (C(OH)–C–C–N with tert-alkyl or cyclic N) is 1. The summed E-state index contributed by atoms with van der Waals surface area (Å²) in [6.45, 7) is 2.20. The third kappa shape index (κ3) is 4.35. The van der Waals surface area contributed by atoms with Gasteiger partial charge in [0.25, 0.3) is 0 Å². The SMILES string of the molecule is C[C@H](NC(=O)[C@H]1C[C@@H](O)CN1)c1ccc(Oc2ccccc2)c(F)c1. The number of ether oxygens (including phenoxy) is 1. The Labute approximate surface area is 145 Å². The van der Waals surface area contributed by atoms with Crippen LogP contribution in [0.4, 0.5) is 4.39 Å². The Kier molecular flexibility index (Phi) is 5.31. The Morgan fingerprint density at radius 1 is 1.32 bits per heavy atom. The molecule has 1 heterocycles. The van der Waals surface area contributed by atoms with Crippen LogP contribution in [-0.4, -0.2) is 29.7 Å². The number of para-hydroxylation sites is 1. The second-order valence-corrected chi connectivity index (χ2v) is 6.19. The zero-order chi connectivity index (χ0) is 17.8. The van der Waals surface area contributed by atoms with E-state index in [4.69, 9.17) is 4.74 Å². The van der Waals surface area contributed by atoms with Crippen molar-refractivity contribution in [1.29, 1.82) is 0 Å². The van der Waals surface area contributed by atoms with E-state index >= 15 is 0 Å². The van der Waals surface area contributed by atoms with Crippen molar-refractivity contribution in [3.63, 3.8) is 0 Å². The molecule has 132 valence electrons. The predicted molar refractivity (Wildman–Crippen MR) is 91.9 cm³/mol. The lowest BCUT2D eigenvalue weighted by molar-refractivity contribution is -0.123. The van der Waals surface area contributed by atoms with Crippen LogP contribution in [0.1, 0.15) is 24.9 Å². The smallest absolute Gasteiger partial charge is 0.237 e. The number of hydrogen-bond acceptors (Lipinski definition) is 4. The molecular formula is C19H21FN2O3. The molecule has 1 aliphatic rings. The van der Waals surface area contributed by atoms with Gasteiger partial charge in [0.15, 0.2) is 11.6 Å². The van der Waals surface area contributed by atoms with Gasteiger partial charge in [-0.15, -0.1) is 0 Å². The number of rotatable bonds is 5. The molecule has 6 heteroatoms. The maximum absolute atomic E-state index is 14.3. The molecule has 0 saturated carbocycles. The van der Waals surface area contributed by atoms with Crippen LogP contribution >= 0.6 is 0 Å². The minimum absolute atomic E-state index is 0.133. The van der Waals surface area contributed by atoms with E-state index in [1.807, 2.05) is 18.2 Å². The maximum Gasteiger partial charge on any atom is 0.237 e. The molecule has 0 spiro atoms. The van der Waals surface area contributed by atoms with Gasteiger partial charge in [-0.3, -0.25) is 4.79 Å². The van der Waals surface area contributed by atoms with Gasteiger partial charge in [0.2, 0.25) is 5.91 Å². The van der Waals surface area contributed by atoms with Crippen molar-refractivity contribution in [2.24, 2.45) is 0 Å². The first-order chi connectivity index (χ1) is 12.0. The number of nitrogens with one attached hydrogen (secondary N) is 2. The molecule has 1 fully saturated rings. The predicted octanol–water partition coefficient (Wildman–Crippen LogP) is 2.52. The minimum Gasteiger partial charge on any atom is -0.454 e. The molecule has 1 aliphatic heterocycles. The summed E-state index contributed by atoms with van der Waals surface area (Å²) in [5.74, 6) is 0.00126. The largest absolute Gasteiger partial charge is 0.454 e. The normalized spacial score (nSPS) is 20.9. The highest BCUT2D eigenvalue weighted by molar-refractivity contribution is 5.82. The summed E-state index contributed by atoms with van der Waals surface area (Å²) in [5.41, 5.74) is 0.643. The molecule has 0 aromatic heterocycles. The average Bonchev–Trinajstić information content (AvgIpc) is 3.04. The number of aliphatic hydroxyl groups is 1. The van der Waals surface area contributed by atoms with Gasteiger partial charge in [0.05, 0.1) is 18.2 Å². The Bertz CT molecular complexity index is 739. The van der Waals surface area contributed by atoms with Crippen molar-refractivity contribution in [3.8, 4) is 11.5 Å². The van der Waals surface area contributed by atoms with Crippen molar-refractivity contribution in [2.45, 2.75) is 31.5 Å². The fraction of sp³-hybridized carbons (Fsp3) is 0.316. The van der Waals surface area contributed by atoms with E-state index in [0.717, 1.165) is 0 Å². The van der Waals surface area contributed by atoms with Crippen LogP contribution in [0.2, 0.25) is 0 Å². The maximum atomic E-state index is 14.3. The van der Waals surface area contributed by atoms with Crippen LogP contribution in [-0.2, 0) is 4.79 Å². The van der Waals surface area contributed by atoms with Crippen molar-refractivity contribution in [1.82, 2.24) is 10.6 Å². The van der Waals surface area contributed by atoms with E-state index in [2.05, 4.69) is 10.6 Å². The van der Waals surface area contributed by atoms with Gasteiger partial charge in [-0.25, -0.2) is 4.39 Å². The fourth-order valence-electron chi connectivity index (χ4n) is 2.80. The molecule has 3 atom stereocenters. The molecule has 0 radical (unpaired) electrons. The first-order valence-corrected chi connectivity index (χ1v) is 8.27. The number of halogens is 1. The molecule has 3 rings (SSSR count). The Morgan fingerprint density at radius 3 is 2.72 bits per heavy atom. The van der Waals surface area contributed by atoms with Crippen LogP contribution in [0, 0.1) is 5.82 Å². The van der Waals surface area contributed by atoms with Crippen molar-refractivity contribution < 1.29 is 19.0 Å². The number of hydrogen-bond donors (Lipinski definition) is 3. The summed E-state index contributed by atoms with van der Waals surface area (Å²) >= 11 is 0. The molecular weight excluding hydrogens is 323 g/mol. The topological polar surface area (TPSA) is 70.6 Å². The number of carbonyl (C=O) groups is 1. The number of amides is 1. The first kappa shape index (κ1) is 17.4. The van der Waals surface area contributed by atoms with E-state index < -0.39 is 18.0 Å². The minimum atomic E-state index is -0.502. The van der Waals surface area contributed by atoms with Crippen LogP contribution in [0.5, 0.6) is 11.5 Å². The molecule has 2 aromatic carbocycles. The number of benzene rings is 2. The van der Waals surface area contributed by atoms with E-state index in [1.54, 1.807) is 31.2 Å². The van der Waals surface area contributed by atoms with Gasteiger partial charge < -0.3 is 20.5 Å². The molecule has 1 saturated heterocycles. The molecule has 0 unspecified atom stereocenters. The van der Waals surface area contributed by atoms with Crippen molar-refractivity contribution in [3.05, 3.63) is 59.9 Å². The van der Waals surface area contributed by atoms with Crippen molar-refractivity contribution in [2.75, 3.05) is 6.54 Å².